The molecule has 0 aliphatic heterocycles. The molecule has 0 saturated heterocycles. The third-order valence-electron chi connectivity index (χ3n) is 5.07. The van der Waals surface area contributed by atoms with Gasteiger partial charge in [-0.15, -0.1) is 0 Å². The fraction of sp³-hybridized carbons (Fsp3) is 0.478. The maximum Gasteiger partial charge on any atom is 0.269 e. The smallest absolute Gasteiger partial charge is 0.269 e. The van der Waals surface area contributed by atoms with Crippen molar-refractivity contribution in [2.45, 2.75) is 71.6 Å². The number of hydrogen-bond donors (Lipinski definition) is 1. The normalized spacial score (nSPS) is 13.4. The van der Waals surface area contributed by atoms with Crippen molar-refractivity contribution in [3.05, 3.63) is 68.8 Å². The summed E-state index contributed by atoms with van der Waals surface area (Å²) in [6.45, 7) is 14.7. The highest BCUT2D eigenvalue weighted by molar-refractivity contribution is 5.52. The average molecular weight is 370 g/mol. The van der Waals surface area contributed by atoms with Crippen LogP contribution in [0.1, 0.15) is 83.1 Å². The number of phenolic OH excluding ortho intramolecular Hbond substituents is 1. The molecule has 2 aromatic rings. The topological polar surface area (TPSA) is 63.4 Å². The van der Waals surface area contributed by atoms with Crippen LogP contribution in [-0.2, 0) is 10.8 Å². The number of hydrogen-bond acceptors (Lipinski definition) is 3. The zero-order valence-corrected chi connectivity index (χ0v) is 17.5. The van der Waals surface area contributed by atoms with Crippen LogP contribution in [0.5, 0.6) is 5.75 Å². The molecule has 0 heterocycles. The van der Waals surface area contributed by atoms with E-state index in [1.807, 2.05) is 12.1 Å². The molecule has 0 fully saturated rings. The molecular weight excluding hydrogens is 338 g/mol. The van der Waals surface area contributed by atoms with Crippen LogP contribution in [-0.4, -0.2) is 10.0 Å². The minimum atomic E-state index is -0.374. The molecule has 0 aliphatic carbocycles. The summed E-state index contributed by atoms with van der Waals surface area (Å²) >= 11 is 0. The Labute approximate surface area is 162 Å². The van der Waals surface area contributed by atoms with Crippen molar-refractivity contribution in [2.24, 2.45) is 0 Å². The fourth-order valence-electron chi connectivity index (χ4n) is 3.49. The molecular formula is C23H31NO3. The van der Waals surface area contributed by atoms with E-state index in [-0.39, 0.29) is 27.4 Å². The van der Waals surface area contributed by atoms with E-state index in [4.69, 9.17) is 0 Å². The molecule has 0 aliphatic rings. The lowest BCUT2D eigenvalue weighted by molar-refractivity contribution is -0.384. The summed E-state index contributed by atoms with van der Waals surface area (Å²) in [4.78, 5) is 10.6. The van der Waals surface area contributed by atoms with Crippen molar-refractivity contribution in [3.63, 3.8) is 0 Å². The van der Waals surface area contributed by atoms with Crippen molar-refractivity contribution >= 4 is 5.69 Å². The van der Waals surface area contributed by atoms with Crippen LogP contribution in [0.25, 0.3) is 0 Å². The van der Waals surface area contributed by atoms with Gasteiger partial charge in [0.05, 0.1) is 4.92 Å². The summed E-state index contributed by atoms with van der Waals surface area (Å²) in [5, 5.41) is 21.9. The van der Waals surface area contributed by atoms with Crippen LogP contribution in [0, 0.1) is 10.1 Å². The molecule has 1 unspecified atom stereocenters. The first-order valence-electron chi connectivity index (χ1n) is 9.48. The number of nitro groups is 1. The van der Waals surface area contributed by atoms with Crippen LogP contribution in [0.2, 0.25) is 0 Å². The number of nitrogens with zero attached hydrogens (tertiary/aromatic N) is 1. The highest BCUT2D eigenvalue weighted by atomic mass is 16.6. The Kier molecular flexibility index (Phi) is 5.69. The van der Waals surface area contributed by atoms with Gasteiger partial charge >= 0.3 is 0 Å². The predicted octanol–water partition coefficient (Wildman–Crippen LogP) is 6.44. The maximum atomic E-state index is 10.9. The number of rotatable bonds is 4. The molecule has 0 bridgehead atoms. The highest BCUT2D eigenvalue weighted by Gasteiger charge is 2.28. The number of nitro benzene ring substituents is 1. The molecule has 1 N–H and O–H groups in total. The van der Waals surface area contributed by atoms with Gasteiger partial charge in [-0.3, -0.25) is 10.1 Å². The summed E-state index contributed by atoms with van der Waals surface area (Å²) in [6, 6.07) is 11.0. The van der Waals surface area contributed by atoms with Gasteiger partial charge in [0.2, 0.25) is 0 Å². The number of non-ortho nitro benzene ring substituents is 1. The largest absolute Gasteiger partial charge is 0.507 e. The number of aromatic hydroxyl groups is 1. The van der Waals surface area contributed by atoms with Gasteiger partial charge in [-0.2, -0.15) is 0 Å². The molecule has 4 nitrogen and oxygen atoms in total. The van der Waals surface area contributed by atoms with E-state index >= 15 is 0 Å². The molecule has 0 saturated carbocycles. The van der Waals surface area contributed by atoms with Gasteiger partial charge in [0.1, 0.15) is 5.75 Å². The van der Waals surface area contributed by atoms with Crippen molar-refractivity contribution < 1.29 is 10.0 Å². The van der Waals surface area contributed by atoms with E-state index in [1.54, 1.807) is 12.1 Å². The second-order valence-electron chi connectivity index (χ2n) is 9.27. The van der Waals surface area contributed by atoms with Gasteiger partial charge < -0.3 is 5.11 Å². The van der Waals surface area contributed by atoms with E-state index < -0.39 is 0 Å². The highest BCUT2D eigenvalue weighted by Crippen LogP contribution is 2.42. The predicted molar refractivity (Wildman–Crippen MR) is 111 cm³/mol. The first-order valence-corrected chi connectivity index (χ1v) is 9.48. The summed E-state index contributed by atoms with van der Waals surface area (Å²) < 4.78 is 0. The van der Waals surface area contributed by atoms with Crippen LogP contribution in [0.4, 0.5) is 5.69 Å². The summed E-state index contributed by atoms with van der Waals surface area (Å²) in [5.41, 5.74) is 3.79. The Hall–Kier alpha value is -2.36. The summed E-state index contributed by atoms with van der Waals surface area (Å²) in [6.07, 6.45) is 0.871. The van der Waals surface area contributed by atoms with Gasteiger partial charge in [-0.25, -0.2) is 0 Å². The standard InChI is InChI=1S/C23H31NO3/c1-8-18(15-9-11-17(12-10-15)24(26)27)16-13-19(22(2,3)4)21(25)20(14-16)23(5,6)7/h9-14,18,25H,8H2,1-7H3. The lowest BCUT2D eigenvalue weighted by Crippen LogP contribution is -2.18. The van der Waals surface area contributed by atoms with E-state index in [0.717, 1.165) is 28.7 Å². The minimum Gasteiger partial charge on any atom is -0.507 e. The van der Waals surface area contributed by atoms with Gasteiger partial charge in [0.25, 0.3) is 5.69 Å². The summed E-state index contributed by atoms with van der Waals surface area (Å²) in [7, 11) is 0. The molecule has 1 atom stereocenters. The van der Waals surface area contributed by atoms with Gasteiger partial charge in [-0.1, -0.05) is 72.7 Å². The molecule has 2 aromatic carbocycles. The van der Waals surface area contributed by atoms with E-state index in [2.05, 4.69) is 60.6 Å². The first-order chi connectivity index (χ1) is 12.4. The Morgan fingerprint density at radius 1 is 0.926 bits per heavy atom. The lowest BCUT2D eigenvalue weighted by atomic mass is 9.76. The monoisotopic (exact) mass is 369 g/mol. The zero-order chi connectivity index (χ0) is 20.6. The van der Waals surface area contributed by atoms with E-state index in [0.29, 0.717) is 5.75 Å². The van der Waals surface area contributed by atoms with Crippen LogP contribution in [0.3, 0.4) is 0 Å². The molecule has 4 heteroatoms. The quantitative estimate of drug-likeness (QED) is 0.498. The van der Waals surface area contributed by atoms with E-state index in [1.165, 1.54) is 0 Å². The van der Waals surface area contributed by atoms with Gasteiger partial charge in [0.15, 0.2) is 0 Å². The molecule has 146 valence electrons. The first kappa shape index (κ1) is 20.9. The number of phenols is 1. The average Bonchev–Trinajstić information content (AvgIpc) is 2.55. The Bertz CT molecular complexity index is 789. The third-order valence-corrected chi connectivity index (χ3v) is 5.07. The second kappa shape index (κ2) is 7.34. The van der Waals surface area contributed by atoms with Crippen LogP contribution < -0.4 is 0 Å². The van der Waals surface area contributed by atoms with Gasteiger partial charge in [0, 0.05) is 18.1 Å². The minimum absolute atomic E-state index is 0.102. The number of benzene rings is 2. The second-order valence-corrected chi connectivity index (χ2v) is 9.27. The summed E-state index contributed by atoms with van der Waals surface area (Å²) in [5.74, 6) is 0.492. The molecule has 0 amide bonds. The van der Waals surface area contributed by atoms with Crippen molar-refractivity contribution in [1.82, 2.24) is 0 Å². The zero-order valence-electron chi connectivity index (χ0n) is 17.5. The Morgan fingerprint density at radius 3 is 1.70 bits per heavy atom. The molecule has 0 radical (unpaired) electrons. The maximum absolute atomic E-state index is 10.9. The third kappa shape index (κ3) is 4.49. The van der Waals surface area contributed by atoms with Gasteiger partial charge in [-0.05, 0) is 39.5 Å². The molecule has 27 heavy (non-hydrogen) atoms. The fourth-order valence-corrected chi connectivity index (χ4v) is 3.49. The Morgan fingerprint density at radius 2 is 1.37 bits per heavy atom. The van der Waals surface area contributed by atoms with E-state index in [9.17, 15) is 15.2 Å². The lowest BCUT2D eigenvalue weighted by Gasteiger charge is -2.30. The van der Waals surface area contributed by atoms with Crippen molar-refractivity contribution in [2.75, 3.05) is 0 Å². The SMILES string of the molecule is CCC(c1ccc([N+](=O)[O-])cc1)c1cc(C(C)(C)C)c(O)c(C(C)(C)C)c1. The molecule has 0 spiro atoms. The Balaban J connectivity index is 2.65. The van der Waals surface area contributed by atoms with Crippen LogP contribution in [0.15, 0.2) is 36.4 Å². The van der Waals surface area contributed by atoms with Crippen LogP contribution >= 0.6 is 0 Å². The molecule has 2 rings (SSSR count). The molecule has 0 aromatic heterocycles. The van der Waals surface area contributed by atoms with Crippen molar-refractivity contribution in [1.29, 1.82) is 0 Å². The van der Waals surface area contributed by atoms with Crippen molar-refractivity contribution in [3.8, 4) is 5.75 Å².